The highest BCUT2D eigenvalue weighted by molar-refractivity contribution is 5.83. The third-order valence-electron chi connectivity index (χ3n) is 4.96. The summed E-state index contributed by atoms with van der Waals surface area (Å²) in [6, 6.07) is 5.87. The van der Waals surface area contributed by atoms with Crippen LogP contribution in [0.4, 0.5) is 9.18 Å². The number of likely N-dealkylation sites (N-methyl/N-ethyl adjacent to an activating group) is 1. The Balaban J connectivity index is 1.68. The number of carbonyl (C=O) groups excluding carboxylic acids is 2. The van der Waals surface area contributed by atoms with Gasteiger partial charge in [0.2, 0.25) is 5.91 Å². The normalized spacial score (nSPS) is 20.1. The molecule has 2 heterocycles. The van der Waals surface area contributed by atoms with Crippen molar-refractivity contribution in [2.75, 3.05) is 40.3 Å². The molecule has 25 heavy (non-hydrogen) atoms. The number of amides is 2. The van der Waals surface area contributed by atoms with Crippen LogP contribution in [0.1, 0.15) is 24.4 Å². The van der Waals surface area contributed by atoms with Crippen molar-refractivity contribution in [1.82, 2.24) is 14.7 Å². The second kappa shape index (κ2) is 7.39. The zero-order valence-corrected chi connectivity index (χ0v) is 14.7. The number of benzene rings is 1. The van der Waals surface area contributed by atoms with Crippen molar-refractivity contribution in [3.63, 3.8) is 0 Å². The molecule has 0 aromatic heterocycles. The monoisotopic (exact) mass is 349 g/mol. The highest BCUT2D eigenvalue weighted by atomic mass is 19.1. The summed E-state index contributed by atoms with van der Waals surface area (Å²) in [6.07, 6.45) is 1.18. The minimum absolute atomic E-state index is 0.0995. The van der Waals surface area contributed by atoms with Crippen LogP contribution in [0.2, 0.25) is 0 Å². The van der Waals surface area contributed by atoms with E-state index >= 15 is 0 Å². The zero-order chi connectivity index (χ0) is 18.0. The van der Waals surface area contributed by atoms with Crippen LogP contribution < -0.4 is 0 Å². The summed E-state index contributed by atoms with van der Waals surface area (Å²) < 4.78 is 19.2. The number of hydrogen-bond acceptors (Lipinski definition) is 4. The largest absolute Gasteiger partial charge is 0.448 e. The lowest BCUT2D eigenvalue weighted by Crippen LogP contribution is -2.49. The summed E-state index contributed by atoms with van der Waals surface area (Å²) >= 11 is 0. The van der Waals surface area contributed by atoms with Crippen LogP contribution in [0.5, 0.6) is 0 Å². The van der Waals surface area contributed by atoms with E-state index in [0.29, 0.717) is 31.8 Å². The molecule has 1 atom stereocenters. The fourth-order valence-electron chi connectivity index (χ4n) is 3.64. The molecule has 7 heteroatoms. The molecule has 0 aliphatic carbocycles. The fourth-order valence-corrected chi connectivity index (χ4v) is 3.64. The second-order valence-electron chi connectivity index (χ2n) is 6.75. The first-order chi connectivity index (χ1) is 12.0. The number of rotatable bonds is 4. The van der Waals surface area contributed by atoms with E-state index in [2.05, 4.69) is 0 Å². The minimum Gasteiger partial charge on any atom is -0.448 e. The Bertz CT molecular complexity index is 644. The molecule has 2 saturated heterocycles. The molecule has 2 aliphatic rings. The molecule has 2 amide bonds. The summed E-state index contributed by atoms with van der Waals surface area (Å²) in [4.78, 5) is 29.9. The Labute approximate surface area is 147 Å². The van der Waals surface area contributed by atoms with Gasteiger partial charge in [0.15, 0.2) is 0 Å². The number of nitrogens with zero attached hydrogens (tertiary/aromatic N) is 3. The number of hydrogen-bond donors (Lipinski definition) is 0. The minimum atomic E-state index is -0.644. The summed E-state index contributed by atoms with van der Waals surface area (Å²) in [5.41, 5.74) is 0.391. The molecule has 6 nitrogen and oxygen atoms in total. The second-order valence-corrected chi connectivity index (χ2v) is 6.75. The Morgan fingerprint density at radius 1 is 1.24 bits per heavy atom. The maximum absolute atomic E-state index is 14.2. The molecular weight excluding hydrogens is 325 g/mol. The molecule has 3 rings (SSSR count). The van der Waals surface area contributed by atoms with Crippen LogP contribution >= 0.6 is 0 Å². The SMILES string of the molecule is CN(C)C(C(=O)N1CCC(N2CCOC2=O)CC1)c1ccccc1F. The highest BCUT2D eigenvalue weighted by Gasteiger charge is 2.36. The fraction of sp³-hybridized carbons (Fsp3) is 0.556. The predicted molar refractivity (Wildman–Crippen MR) is 90.5 cm³/mol. The molecule has 1 aromatic rings. The van der Waals surface area contributed by atoms with Gasteiger partial charge in [0.05, 0.1) is 6.54 Å². The van der Waals surface area contributed by atoms with Crippen molar-refractivity contribution in [3.05, 3.63) is 35.6 Å². The van der Waals surface area contributed by atoms with Crippen molar-refractivity contribution in [3.8, 4) is 0 Å². The van der Waals surface area contributed by atoms with E-state index in [4.69, 9.17) is 4.74 Å². The van der Waals surface area contributed by atoms with Crippen molar-refractivity contribution in [2.45, 2.75) is 24.9 Å². The van der Waals surface area contributed by atoms with Crippen molar-refractivity contribution >= 4 is 12.0 Å². The van der Waals surface area contributed by atoms with Crippen LogP contribution in [-0.2, 0) is 9.53 Å². The highest BCUT2D eigenvalue weighted by Crippen LogP contribution is 2.27. The summed E-state index contributed by atoms with van der Waals surface area (Å²) in [5, 5.41) is 0. The van der Waals surface area contributed by atoms with Gasteiger partial charge in [0.25, 0.3) is 0 Å². The lowest BCUT2D eigenvalue weighted by Gasteiger charge is -2.38. The van der Waals surface area contributed by atoms with E-state index in [-0.39, 0.29) is 23.9 Å². The molecular formula is C18H24FN3O3. The standard InChI is InChI=1S/C18H24FN3O3/c1-20(2)16(14-5-3-4-6-15(14)19)17(23)21-9-7-13(8-10-21)22-11-12-25-18(22)24/h3-6,13,16H,7-12H2,1-2H3. The first-order valence-corrected chi connectivity index (χ1v) is 8.62. The van der Waals surface area contributed by atoms with E-state index in [1.165, 1.54) is 6.07 Å². The number of ether oxygens (including phenoxy) is 1. The Hall–Kier alpha value is -2.15. The average molecular weight is 349 g/mol. The number of halogens is 1. The summed E-state index contributed by atoms with van der Waals surface area (Å²) in [5.74, 6) is -0.471. The third kappa shape index (κ3) is 3.61. The Morgan fingerprint density at radius 2 is 1.92 bits per heavy atom. The lowest BCUT2D eigenvalue weighted by atomic mass is 9.99. The van der Waals surface area contributed by atoms with Gasteiger partial charge in [-0.2, -0.15) is 0 Å². The van der Waals surface area contributed by atoms with Gasteiger partial charge in [0.1, 0.15) is 18.5 Å². The van der Waals surface area contributed by atoms with E-state index in [0.717, 1.165) is 12.8 Å². The Kier molecular flexibility index (Phi) is 5.22. The predicted octanol–water partition coefficient (Wildman–Crippen LogP) is 1.87. The van der Waals surface area contributed by atoms with Crippen LogP contribution in [0.15, 0.2) is 24.3 Å². The van der Waals surface area contributed by atoms with Gasteiger partial charge >= 0.3 is 6.09 Å². The van der Waals surface area contributed by atoms with Crippen LogP contribution in [0.3, 0.4) is 0 Å². The molecule has 2 aliphatic heterocycles. The van der Waals surface area contributed by atoms with Crippen molar-refractivity contribution < 1.29 is 18.7 Å². The van der Waals surface area contributed by atoms with Gasteiger partial charge < -0.3 is 14.5 Å². The maximum Gasteiger partial charge on any atom is 0.410 e. The van der Waals surface area contributed by atoms with Gasteiger partial charge in [0, 0.05) is 24.7 Å². The molecule has 2 fully saturated rings. The maximum atomic E-state index is 14.2. The smallest absolute Gasteiger partial charge is 0.410 e. The molecule has 0 N–H and O–H groups in total. The topological polar surface area (TPSA) is 53.1 Å². The van der Waals surface area contributed by atoms with E-state index in [1.54, 1.807) is 47.0 Å². The van der Waals surface area contributed by atoms with Gasteiger partial charge in [-0.25, -0.2) is 9.18 Å². The number of likely N-dealkylation sites (tertiary alicyclic amines) is 1. The molecule has 1 unspecified atom stereocenters. The molecule has 0 spiro atoms. The third-order valence-corrected chi connectivity index (χ3v) is 4.96. The van der Waals surface area contributed by atoms with Crippen LogP contribution in [0, 0.1) is 5.82 Å². The van der Waals surface area contributed by atoms with Gasteiger partial charge in [-0.15, -0.1) is 0 Å². The molecule has 136 valence electrons. The van der Waals surface area contributed by atoms with Crippen molar-refractivity contribution in [2.24, 2.45) is 0 Å². The number of cyclic esters (lactones) is 1. The summed E-state index contributed by atoms with van der Waals surface area (Å²) in [7, 11) is 3.56. The molecule has 0 radical (unpaired) electrons. The van der Waals surface area contributed by atoms with Crippen LogP contribution in [0.25, 0.3) is 0 Å². The molecule has 0 bridgehead atoms. The summed E-state index contributed by atoms with van der Waals surface area (Å²) in [6.45, 7) is 2.18. The molecule has 1 aromatic carbocycles. The molecule has 0 saturated carbocycles. The number of carbonyl (C=O) groups is 2. The van der Waals surface area contributed by atoms with Gasteiger partial charge in [-0.3, -0.25) is 9.69 Å². The lowest BCUT2D eigenvalue weighted by molar-refractivity contribution is -0.137. The quantitative estimate of drug-likeness (QED) is 0.833. The van der Waals surface area contributed by atoms with Crippen molar-refractivity contribution in [1.29, 1.82) is 0 Å². The first kappa shape index (κ1) is 17.7. The van der Waals surface area contributed by atoms with E-state index < -0.39 is 6.04 Å². The Morgan fingerprint density at radius 3 is 2.48 bits per heavy atom. The average Bonchev–Trinajstić information content (AvgIpc) is 3.02. The van der Waals surface area contributed by atoms with E-state index in [1.807, 2.05) is 0 Å². The number of piperidine rings is 1. The zero-order valence-electron chi connectivity index (χ0n) is 14.7. The first-order valence-electron chi connectivity index (χ1n) is 8.62. The van der Waals surface area contributed by atoms with E-state index in [9.17, 15) is 14.0 Å². The van der Waals surface area contributed by atoms with Gasteiger partial charge in [-0.1, -0.05) is 18.2 Å². The van der Waals surface area contributed by atoms with Gasteiger partial charge in [-0.05, 0) is 33.0 Å². The van der Waals surface area contributed by atoms with Crippen LogP contribution in [-0.4, -0.2) is 73.1 Å².